The average Bonchev–Trinajstić information content (AvgIpc) is 3.34. The summed E-state index contributed by atoms with van der Waals surface area (Å²) < 4.78 is 81.2. The van der Waals surface area contributed by atoms with Crippen molar-refractivity contribution in [2.24, 2.45) is 0 Å². The summed E-state index contributed by atoms with van der Waals surface area (Å²) in [5, 5.41) is 25.6. The first-order chi connectivity index (χ1) is 34.1. The van der Waals surface area contributed by atoms with Crippen molar-refractivity contribution in [3.05, 3.63) is 0 Å². The molecule has 0 aliphatic carbocycles. The maximum Gasteiger partial charge on any atom is 0.0820 e. The molecule has 0 aromatic carbocycles. The van der Waals surface area contributed by atoms with Gasteiger partial charge in [0.05, 0.1) is 197 Å². The van der Waals surface area contributed by atoms with E-state index in [4.69, 9.17) is 86.4 Å². The molecule has 0 aliphatic heterocycles. The molecule has 0 bridgehead atoms. The van der Waals surface area contributed by atoms with Crippen LogP contribution in [0.25, 0.3) is 0 Å². The Hall–Kier alpha value is -0.840. The van der Waals surface area contributed by atoms with Crippen LogP contribution < -0.4 is 0 Å². The molecule has 0 rings (SSSR count). The standard InChI is InChI=1S/C18H39NO6.C16H35NO6.C15H33NO6/c1-4-5-9-25-18(6-7-19(2)3)17-24-16-15-23-14-13-22-12-11-21-10-8-20;1-4-23-16(5-6-17(2)3)15-22-14-13-21-12-11-20-10-9-19-8-7-18;1-16(2)5-4-15(18-3)14-22-13-12-21-11-10-20-9-8-19-7-6-17/h18,20H,4-17H2,1-3H3;16,18H,4-15H2,1-3H3;15,17H,4-14H2,1-3H3. The smallest absolute Gasteiger partial charge is 0.0820 e. The molecule has 3 atom stereocenters. The van der Waals surface area contributed by atoms with E-state index in [0.717, 1.165) is 58.3 Å². The Morgan fingerprint density at radius 3 is 0.843 bits per heavy atom. The Labute approximate surface area is 425 Å². The molecule has 0 amide bonds. The first-order valence-electron chi connectivity index (χ1n) is 25.6. The Morgan fingerprint density at radius 1 is 0.329 bits per heavy atom. The summed E-state index contributed by atoms with van der Waals surface area (Å²) in [7, 11) is 14.0. The Bertz CT molecular complexity index is 926. The average molecular weight is 1030 g/mol. The fourth-order valence-corrected chi connectivity index (χ4v) is 5.35. The second kappa shape index (κ2) is 64.3. The highest BCUT2D eigenvalue weighted by Gasteiger charge is 2.11. The lowest BCUT2D eigenvalue weighted by Crippen LogP contribution is -2.27. The molecular formula is C49H107N3O18. The predicted molar refractivity (Wildman–Crippen MR) is 271 cm³/mol. The van der Waals surface area contributed by atoms with Crippen LogP contribution in [0.3, 0.4) is 0 Å². The van der Waals surface area contributed by atoms with E-state index in [2.05, 4.69) is 49.8 Å². The molecule has 3 N–H and O–H groups in total. The molecule has 21 nitrogen and oxygen atoms in total. The van der Waals surface area contributed by atoms with Gasteiger partial charge in [-0.1, -0.05) is 13.3 Å². The number of nitrogens with zero attached hydrogens (tertiary/aromatic N) is 3. The molecule has 0 aliphatic rings. The molecule has 0 radical (unpaired) electrons. The summed E-state index contributed by atoms with van der Waals surface area (Å²) >= 11 is 0. The summed E-state index contributed by atoms with van der Waals surface area (Å²) in [6.45, 7) is 21.2. The normalized spacial score (nSPS) is 12.9. The number of hydrogen-bond donors (Lipinski definition) is 3. The largest absolute Gasteiger partial charge is 0.394 e. The zero-order chi connectivity index (χ0) is 52.2. The van der Waals surface area contributed by atoms with Crippen molar-refractivity contribution in [2.45, 2.75) is 64.3 Å². The number of unbranched alkanes of at least 4 members (excludes halogenated alkanes) is 1. The first-order valence-corrected chi connectivity index (χ1v) is 25.6. The van der Waals surface area contributed by atoms with Gasteiger partial charge in [0.1, 0.15) is 0 Å². The van der Waals surface area contributed by atoms with Crippen LogP contribution in [-0.2, 0) is 71.1 Å². The maximum atomic E-state index is 8.54. The van der Waals surface area contributed by atoms with Gasteiger partial charge >= 0.3 is 0 Å². The summed E-state index contributed by atoms with van der Waals surface area (Å²) in [5.74, 6) is 0. The summed E-state index contributed by atoms with van der Waals surface area (Å²) in [6.07, 6.45) is 5.55. The summed E-state index contributed by atoms with van der Waals surface area (Å²) in [6, 6.07) is 0. The number of aliphatic hydroxyl groups is 3. The van der Waals surface area contributed by atoms with Crippen molar-refractivity contribution in [1.82, 2.24) is 14.7 Å². The summed E-state index contributed by atoms with van der Waals surface area (Å²) in [5.41, 5.74) is 0. The number of hydrogen-bond acceptors (Lipinski definition) is 21. The number of rotatable bonds is 55. The fourth-order valence-electron chi connectivity index (χ4n) is 5.35. The Kier molecular flexibility index (Phi) is 67.4. The molecule has 0 saturated heterocycles. The van der Waals surface area contributed by atoms with Gasteiger partial charge in [-0.05, 0) is 74.9 Å². The highest BCUT2D eigenvalue weighted by Crippen LogP contribution is 2.04. The molecule has 3 unspecified atom stereocenters. The molecule has 0 aromatic rings. The van der Waals surface area contributed by atoms with Crippen LogP contribution in [0.4, 0.5) is 0 Å². The van der Waals surface area contributed by atoms with Crippen molar-refractivity contribution >= 4 is 0 Å². The topological polar surface area (TPSA) is 209 Å². The highest BCUT2D eigenvalue weighted by molar-refractivity contribution is 4.61. The van der Waals surface area contributed by atoms with Gasteiger partial charge in [-0.15, -0.1) is 0 Å². The second-order valence-corrected chi connectivity index (χ2v) is 16.5. The number of aliphatic hydroxyl groups excluding tert-OH is 3. The number of ether oxygens (including phenoxy) is 15. The van der Waals surface area contributed by atoms with E-state index in [-0.39, 0.29) is 38.1 Å². The quantitative estimate of drug-likeness (QED) is 0.0740. The number of methoxy groups -OCH3 is 1. The van der Waals surface area contributed by atoms with Crippen molar-refractivity contribution in [3.63, 3.8) is 0 Å². The van der Waals surface area contributed by atoms with Crippen LogP contribution in [0, 0.1) is 0 Å². The van der Waals surface area contributed by atoms with Crippen molar-refractivity contribution in [1.29, 1.82) is 0 Å². The maximum absolute atomic E-state index is 8.54. The third kappa shape index (κ3) is 67.2. The van der Waals surface area contributed by atoms with E-state index in [1.807, 2.05) is 21.0 Å². The third-order valence-corrected chi connectivity index (χ3v) is 9.25. The van der Waals surface area contributed by atoms with Crippen LogP contribution >= 0.6 is 0 Å². The van der Waals surface area contributed by atoms with Crippen LogP contribution in [0.15, 0.2) is 0 Å². The van der Waals surface area contributed by atoms with Gasteiger partial charge in [-0.2, -0.15) is 0 Å². The highest BCUT2D eigenvalue weighted by atomic mass is 16.6. The van der Waals surface area contributed by atoms with Gasteiger partial charge < -0.3 is 101 Å². The first kappa shape index (κ1) is 73.4. The van der Waals surface area contributed by atoms with Gasteiger partial charge in [0.2, 0.25) is 0 Å². The van der Waals surface area contributed by atoms with Gasteiger partial charge in [0, 0.05) is 40.0 Å². The SMILES string of the molecule is CCCCOC(CCN(C)C)COCCOCCOCCOCCO.CCOC(CCN(C)C)COCCOCCOCCOCCO.COC(CCN(C)C)COCCOCCOCCOCCO. The van der Waals surface area contributed by atoms with Gasteiger partial charge in [0.15, 0.2) is 0 Å². The third-order valence-electron chi connectivity index (χ3n) is 9.25. The van der Waals surface area contributed by atoms with E-state index in [1.54, 1.807) is 7.11 Å². The van der Waals surface area contributed by atoms with E-state index >= 15 is 0 Å². The van der Waals surface area contributed by atoms with Crippen LogP contribution in [-0.4, -0.2) is 309 Å². The molecule has 70 heavy (non-hydrogen) atoms. The lowest BCUT2D eigenvalue weighted by Gasteiger charge is -2.20. The van der Waals surface area contributed by atoms with Crippen LogP contribution in [0.5, 0.6) is 0 Å². The Balaban J connectivity index is -0.000000964. The molecule has 0 heterocycles. The molecule has 0 spiro atoms. The molecular weight excluding hydrogens is 919 g/mol. The predicted octanol–water partition coefficient (Wildman–Crippen LogP) is 1.60. The van der Waals surface area contributed by atoms with E-state index in [9.17, 15) is 0 Å². The molecule has 21 heteroatoms. The van der Waals surface area contributed by atoms with Crippen molar-refractivity contribution < 1.29 is 86.4 Å². The molecule has 0 aromatic heterocycles. The van der Waals surface area contributed by atoms with Gasteiger partial charge in [-0.3, -0.25) is 0 Å². The van der Waals surface area contributed by atoms with Crippen molar-refractivity contribution in [3.8, 4) is 0 Å². The minimum atomic E-state index is 0.0438. The van der Waals surface area contributed by atoms with Crippen LogP contribution in [0.2, 0.25) is 0 Å². The van der Waals surface area contributed by atoms with E-state index in [1.165, 1.54) is 0 Å². The second-order valence-electron chi connectivity index (χ2n) is 16.5. The minimum absolute atomic E-state index is 0.0438. The lowest BCUT2D eigenvalue weighted by molar-refractivity contribution is -0.0429. The zero-order valence-electron chi connectivity index (χ0n) is 45.7. The molecule has 0 saturated carbocycles. The summed E-state index contributed by atoms with van der Waals surface area (Å²) in [4.78, 5) is 6.43. The Morgan fingerprint density at radius 2 is 0.586 bits per heavy atom. The molecule has 426 valence electrons. The fraction of sp³-hybridized carbons (Fsp3) is 1.00. The van der Waals surface area contributed by atoms with Gasteiger partial charge in [0.25, 0.3) is 0 Å². The van der Waals surface area contributed by atoms with Gasteiger partial charge in [-0.25, -0.2) is 0 Å². The molecule has 0 fully saturated rings. The lowest BCUT2D eigenvalue weighted by atomic mass is 10.2. The zero-order valence-corrected chi connectivity index (χ0v) is 45.7. The van der Waals surface area contributed by atoms with Crippen LogP contribution in [0.1, 0.15) is 46.0 Å². The minimum Gasteiger partial charge on any atom is -0.394 e. The monoisotopic (exact) mass is 1030 g/mol. The van der Waals surface area contributed by atoms with E-state index in [0.29, 0.717) is 165 Å². The van der Waals surface area contributed by atoms with E-state index < -0.39 is 0 Å². The van der Waals surface area contributed by atoms with Crippen molar-refractivity contribution in [2.75, 3.05) is 261 Å².